The highest BCUT2D eigenvalue weighted by Gasteiger charge is 2.15. The number of morpholine rings is 1. The molecule has 1 aliphatic rings. The van der Waals surface area contributed by atoms with Crippen LogP contribution in [0.25, 0.3) is 0 Å². The Morgan fingerprint density at radius 2 is 2.23 bits per heavy atom. The van der Waals surface area contributed by atoms with Crippen molar-refractivity contribution in [2.45, 2.75) is 6.92 Å². The van der Waals surface area contributed by atoms with Gasteiger partial charge < -0.3 is 10.1 Å². The molecule has 0 aliphatic carbocycles. The minimum atomic E-state index is -0.538. The van der Waals surface area contributed by atoms with E-state index in [4.69, 9.17) is 10.00 Å². The van der Waals surface area contributed by atoms with Crippen LogP contribution in [-0.4, -0.2) is 49.2 Å². The molecule has 22 heavy (non-hydrogen) atoms. The summed E-state index contributed by atoms with van der Waals surface area (Å²) in [6, 6.07) is 6.40. The number of nitriles is 1. The third-order valence-corrected chi connectivity index (χ3v) is 3.64. The molecular weight excluding hydrogens is 284 g/mol. The summed E-state index contributed by atoms with van der Waals surface area (Å²) in [5.74, 6) is 0.429. The van der Waals surface area contributed by atoms with E-state index in [1.165, 1.54) is 12.1 Å². The molecule has 0 saturated carbocycles. The molecule has 7 nitrogen and oxygen atoms in total. The van der Waals surface area contributed by atoms with E-state index < -0.39 is 4.92 Å². The van der Waals surface area contributed by atoms with Crippen LogP contribution >= 0.6 is 0 Å². The monoisotopic (exact) mass is 304 g/mol. The third kappa shape index (κ3) is 4.41. The molecular formula is C15H20N4O3. The molecule has 0 radical (unpaired) electrons. The molecule has 0 spiro atoms. The van der Waals surface area contributed by atoms with Crippen molar-refractivity contribution >= 4 is 11.4 Å². The summed E-state index contributed by atoms with van der Waals surface area (Å²) >= 11 is 0. The van der Waals surface area contributed by atoms with E-state index in [0.717, 1.165) is 45.1 Å². The molecule has 1 fully saturated rings. The van der Waals surface area contributed by atoms with Crippen LogP contribution in [0, 0.1) is 27.4 Å². The summed E-state index contributed by atoms with van der Waals surface area (Å²) in [7, 11) is 0. The van der Waals surface area contributed by atoms with Crippen molar-refractivity contribution < 1.29 is 9.66 Å². The topological polar surface area (TPSA) is 91.4 Å². The Morgan fingerprint density at radius 1 is 1.50 bits per heavy atom. The van der Waals surface area contributed by atoms with E-state index in [0.29, 0.717) is 5.92 Å². The van der Waals surface area contributed by atoms with Crippen LogP contribution in [0.5, 0.6) is 0 Å². The molecule has 118 valence electrons. The molecule has 1 heterocycles. The van der Waals surface area contributed by atoms with Gasteiger partial charge in [-0.1, -0.05) is 6.92 Å². The lowest BCUT2D eigenvalue weighted by Crippen LogP contribution is -2.40. The van der Waals surface area contributed by atoms with Crippen LogP contribution in [0.1, 0.15) is 12.5 Å². The Balaban J connectivity index is 1.88. The highest BCUT2D eigenvalue weighted by molar-refractivity contribution is 5.58. The zero-order valence-corrected chi connectivity index (χ0v) is 12.6. The number of ether oxygens (including phenoxy) is 1. The molecule has 0 unspecified atom stereocenters. The summed E-state index contributed by atoms with van der Waals surface area (Å²) in [5, 5.41) is 23.0. The summed E-state index contributed by atoms with van der Waals surface area (Å²) < 4.78 is 5.32. The zero-order valence-electron chi connectivity index (χ0n) is 12.6. The van der Waals surface area contributed by atoms with E-state index in [9.17, 15) is 10.1 Å². The molecule has 1 aliphatic heterocycles. The van der Waals surface area contributed by atoms with Crippen molar-refractivity contribution in [1.82, 2.24) is 4.90 Å². The van der Waals surface area contributed by atoms with Gasteiger partial charge in [-0.05, 0) is 18.1 Å². The molecule has 0 aromatic heterocycles. The average Bonchev–Trinajstić information content (AvgIpc) is 2.53. The quantitative estimate of drug-likeness (QED) is 0.637. The van der Waals surface area contributed by atoms with Crippen LogP contribution < -0.4 is 5.32 Å². The SMILES string of the molecule is C[C@@H](CNc1ccc([N+](=O)[O-])c(C#N)c1)CN1CCOCC1. The molecule has 0 amide bonds. The van der Waals surface area contributed by atoms with Crippen LogP contribution in [0.2, 0.25) is 0 Å². The number of nitrogens with one attached hydrogen (secondary N) is 1. The molecule has 1 aromatic rings. The number of rotatable bonds is 6. The van der Waals surface area contributed by atoms with E-state index in [2.05, 4.69) is 17.1 Å². The van der Waals surface area contributed by atoms with Crippen molar-refractivity contribution in [3.05, 3.63) is 33.9 Å². The molecule has 1 saturated heterocycles. The Bertz CT molecular complexity index is 564. The third-order valence-electron chi connectivity index (χ3n) is 3.64. The van der Waals surface area contributed by atoms with Gasteiger partial charge in [-0.2, -0.15) is 5.26 Å². The van der Waals surface area contributed by atoms with E-state index in [-0.39, 0.29) is 11.3 Å². The van der Waals surface area contributed by atoms with Crippen molar-refractivity contribution in [3.63, 3.8) is 0 Å². The minimum absolute atomic E-state index is 0.0795. The first-order valence-corrected chi connectivity index (χ1v) is 7.32. The van der Waals surface area contributed by atoms with E-state index in [1.54, 1.807) is 6.07 Å². The standard InChI is InChI=1S/C15H20N4O3/c1-12(11-18-4-6-22-7-5-18)10-17-14-2-3-15(19(20)21)13(8-14)9-16/h2-3,8,12,17H,4-7,10-11H2,1H3/t12-/m0/s1. The van der Waals surface area contributed by atoms with Gasteiger partial charge in [0.2, 0.25) is 0 Å². The van der Waals surface area contributed by atoms with Gasteiger partial charge in [0.15, 0.2) is 0 Å². The molecule has 1 atom stereocenters. The number of anilines is 1. The molecule has 1 N–H and O–H groups in total. The van der Waals surface area contributed by atoms with Crippen molar-refractivity contribution in [3.8, 4) is 6.07 Å². The van der Waals surface area contributed by atoms with Gasteiger partial charge in [0, 0.05) is 37.9 Å². The summed E-state index contributed by atoms with van der Waals surface area (Å²) in [4.78, 5) is 12.6. The lowest BCUT2D eigenvalue weighted by Gasteiger charge is -2.29. The first-order valence-electron chi connectivity index (χ1n) is 7.32. The van der Waals surface area contributed by atoms with Crippen molar-refractivity contribution in [2.24, 2.45) is 5.92 Å². The highest BCUT2D eigenvalue weighted by Crippen LogP contribution is 2.22. The first-order chi connectivity index (χ1) is 10.6. The van der Waals surface area contributed by atoms with Crippen LogP contribution in [0.15, 0.2) is 18.2 Å². The number of nitro groups is 1. The summed E-state index contributed by atoms with van der Waals surface area (Å²) in [5.41, 5.74) is 0.654. The Morgan fingerprint density at radius 3 is 2.86 bits per heavy atom. The normalized spacial score (nSPS) is 16.7. The van der Waals surface area contributed by atoms with E-state index >= 15 is 0 Å². The fraction of sp³-hybridized carbons (Fsp3) is 0.533. The second-order valence-electron chi connectivity index (χ2n) is 5.50. The fourth-order valence-corrected chi connectivity index (χ4v) is 2.48. The Hall–Kier alpha value is -2.17. The average molecular weight is 304 g/mol. The summed E-state index contributed by atoms with van der Waals surface area (Å²) in [6.07, 6.45) is 0. The van der Waals surface area contributed by atoms with Crippen molar-refractivity contribution in [2.75, 3.05) is 44.7 Å². The molecule has 7 heteroatoms. The van der Waals surface area contributed by atoms with Crippen LogP contribution in [-0.2, 0) is 4.74 Å². The zero-order chi connectivity index (χ0) is 15.9. The predicted octanol–water partition coefficient (Wildman–Crippen LogP) is 1.85. The molecule has 1 aromatic carbocycles. The fourth-order valence-electron chi connectivity index (χ4n) is 2.48. The van der Waals surface area contributed by atoms with E-state index in [1.807, 2.05) is 6.07 Å². The number of nitrogens with zero attached hydrogens (tertiary/aromatic N) is 3. The van der Waals surface area contributed by atoms with Crippen molar-refractivity contribution in [1.29, 1.82) is 5.26 Å². The number of hydrogen-bond acceptors (Lipinski definition) is 6. The number of nitro benzene ring substituents is 1. The number of hydrogen-bond donors (Lipinski definition) is 1. The Kier molecular flexibility index (Phi) is 5.69. The molecule has 0 bridgehead atoms. The van der Waals surface area contributed by atoms with Gasteiger partial charge in [-0.3, -0.25) is 15.0 Å². The minimum Gasteiger partial charge on any atom is -0.385 e. The Labute approximate surface area is 129 Å². The van der Waals surface area contributed by atoms with Gasteiger partial charge in [0.1, 0.15) is 11.6 Å². The first kappa shape index (κ1) is 16.2. The van der Waals surface area contributed by atoms with Crippen LogP contribution in [0.4, 0.5) is 11.4 Å². The lowest BCUT2D eigenvalue weighted by atomic mass is 10.1. The van der Waals surface area contributed by atoms with Crippen LogP contribution in [0.3, 0.4) is 0 Å². The number of benzene rings is 1. The lowest BCUT2D eigenvalue weighted by molar-refractivity contribution is -0.385. The summed E-state index contributed by atoms with van der Waals surface area (Å²) in [6.45, 7) is 7.37. The molecule has 2 rings (SSSR count). The second-order valence-corrected chi connectivity index (χ2v) is 5.50. The van der Waals surface area contributed by atoms with Gasteiger partial charge in [0.25, 0.3) is 5.69 Å². The van der Waals surface area contributed by atoms with Gasteiger partial charge >= 0.3 is 0 Å². The maximum Gasteiger partial charge on any atom is 0.287 e. The maximum absolute atomic E-state index is 10.8. The smallest absolute Gasteiger partial charge is 0.287 e. The second kappa shape index (κ2) is 7.73. The van der Waals surface area contributed by atoms with Gasteiger partial charge in [-0.15, -0.1) is 0 Å². The van der Waals surface area contributed by atoms with Gasteiger partial charge in [-0.25, -0.2) is 0 Å². The largest absolute Gasteiger partial charge is 0.385 e. The predicted molar refractivity (Wildman–Crippen MR) is 82.7 cm³/mol. The maximum atomic E-state index is 10.8. The van der Waals surface area contributed by atoms with Gasteiger partial charge in [0.05, 0.1) is 18.1 Å². The highest BCUT2D eigenvalue weighted by atomic mass is 16.6.